The Morgan fingerprint density at radius 3 is 2.42 bits per heavy atom. The fourth-order valence-electron chi connectivity index (χ4n) is 2.68. The maximum absolute atomic E-state index is 12.4. The van der Waals surface area contributed by atoms with Gasteiger partial charge in [-0.05, 0) is 45.9 Å². The molecule has 0 saturated carbocycles. The van der Waals surface area contributed by atoms with Crippen molar-refractivity contribution < 1.29 is 14.3 Å². The van der Waals surface area contributed by atoms with Crippen molar-refractivity contribution in [1.82, 2.24) is 20.6 Å². The third-order valence-electron chi connectivity index (χ3n) is 4.18. The van der Waals surface area contributed by atoms with Gasteiger partial charge in [-0.3, -0.25) is 25.1 Å². The van der Waals surface area contributed by atoms with E-state index in [0.717, 1.165) is 21.4 Å². The lowest BCUT2D eigenvalue weighted by Gasteiger charge is -2.17. The predicted molar refractivity (Wildman–Crippen MR) is 102 cm³/mol. The largest absolute Gasteiger partial charge is 0.481 e. The highest BCUT2D eigenvalue weighted by Gasteiger charge is 2.23. The Labute approximate surface area is 161 Å². The van der Waals surface area contributed by atoms with Crippen LogP contribution in [0.3, 0.4) is 0 Å². The summed E-state index contributed by atoms with van der Waals surface area (Å²) < 4.78 is 8.16. The molecule has 0 fully saturated rings. The number of hydrazine groups is 1. The summed E-state index contributed by atoms with van der Waals surface area (Å²) in [6.45, 7) is 7.16. The van der Waals surface area contributed by atoms with Crippen LogP contribution in [0.25, 0.3) is 0 Å². The van der Waals surface area contributed by atoms with Crippen LogP contribution in [-0.4, -0.2) is 27.7 Å². The minimum Gasteiger partial charge on any atom is -0.481 e. The van der Waals surface area contributed by atoms with Crippen molar-refractivity contribution in [2.45, 2.75) is 39.7 Å². The first-order valence-corrected chi connectivity index (χ1v) is 9.02. The number of nitrogens with zero attached hydrogens (tertiary/aromatic N) is 2. The standard InChI is InChI=1S/C18H23BrN4O3/c1-10(16-11(2)22-23(5)12(16)3)17(24)20-21-18(25)13(4)26-15-8-6-7-14(19)9-15/h6-10,13H,1-5H3,(H,20,24)(H,21,25). The minimum atomic E-state index is -0.762. The van der Waals surface area contributed by atoms with E-state index < -0.39 is 17.9 Å². The molecule has 2 rings (SSSR count). The molecule has 2 amide bonds. The number of hydrogen-bond acceptors (Lipinski definition) is 4. The lowest BCUT2D eigenvalue weighted by Crippen LogP contribution is -2.48. The Morgan fingerprint density at radius 2 is 1.85 bits per heavy atom. The third kappa shape index (κ3) is 4.63. The van der Waals surface area contributed by atoms with Gasteiger partial charge in [0.15, 0.2) is 6.10 Å². The number of hydrogen-bond donors (Lipinski definition) is 2. The molecule has 0 spiro atoms. The molecule has 8 heteroatoms. The van der Waals surface area contributed by atoms with Gasteiger partial charge in [-0.1, -0.05) is 22.0 Å². The summed E-state index contributed by atoms with van der Waals surface area (Å²) in [5.74, 6) is -0.633. The second-order valence-electron chi connectivity index (χ2n) is 6.13. The van der Waals surface area contributed by atoms with Gasteiger partial charge in [0.2, 0.25) is 5.91 Å². The number of carbonyl (C=O) groups is 2. The van der Waals surface area contributed by atoms with E-state index in [1.165, 1.54) is 0 Å². The quantitative estimate of drug-likeness (QED) is 0.724. The molecule has 26 heavy (non-hydrogen) atoms. The van der Waals surface area contributed by atoms with E-state index in [1.807, 2.05) is 33.0 Å². The molecule has 0 aliphatic rings. The number of halogens is 1. The highest BCUT2D eigenvalue weighted by molar-refractivity contribution is 9.10. The van der Waals surface area contributed by atoms with Crippen LogP contribution in [0.1, 0.15) is 36.7 Å². The number of aromatic nitrogens is 2. The molecule has 140 valence electrons. The summed E-state index contributed by atoms with van der Waals surface area (Å²) in [4.78, 5) is 24.5. The Bertz CT molecular complexity index is 819. The van der Waals surface area contributed by atoms with Gasteiger partial charge in [0.05, 0.1) is 11.6 Å². The van der Waals surface area contributed by atoms with Gasteiger partial charge in [0.25, 0.3) is 5.91 Å². The lowest BCUT2D eigenvalue weighted by molar-refractivity contribution is -0.133. The van der Waals surface area contributed by atoms with Gasteiger partial charge in [0, 0.05) is 22.8 Å². The van der Waals surface area contributed by atoms with Crippen LogP contribution >= 0.6 is 15.9 Å². The van der Waals surface area contributed by atoms with Gasteiger partial charge in [-0.15, -0.1) is 0 Å². The highest BCUT2D eigenvalue weighted by atomic mass is 79.9. The van der Waals surface area contributed by atoms with Crippen LogP contribution in [0, 0.1) is 13.8 Å². The molecule has 2 N–H and O–H groups in total. The summed E-state index contributed by atoms with van der Waals surface area (Å²) in [5.41, 5.74) is 7.44. The number of carbonyl (C=O) groups excluding carboxylic acids is 2. The molecule has 0 aliphatic carbocycles. The zero-order valence-corrected chi connectivity index (χ0v) is 17.0. The van der Waals surface area contributed by atoms with Crippen molar-refractivity contribution in [2.75, 3.05) is 0 Å². The van der Waals surface area contributed by atoms with Gasteiger partial charge < -0.3 is 4.74 Å². The number of amides is 2. The molecule has 0 radical (unpaired) electrons. The van der Waals surface area contributed by atoms with E-state index >= 15 is 0 Å². The Hall–Kier alpha value is -2.35. The van der Waals surface area contributed by atoms with Crippen molar-refractivity contribution in [3.63, 3.8) is 0 Å². The van der Waals surface area contributed by atoms with Crippen molar-refractivity contribution in [3.8, 4) is 5.75 Å². The van der Waals surface area contributed by atoms with Crippen molar-refractivity contribution >= 4 is 27.7 Å². The molecular weight excluding hydrogens is 400 g/mol. The molecule has 7 nitrogen and oxygen atoms in total. The summed E-state index contributed by atoms with van der Waals surface area (Å²) >= 11 is 3.35. The van der Waals surface area contributed by atoms with E-state index in [0.29, 0.717) is 5.75 Å². The second kappa shape index (κ2) is 8.35. The van der Waals surface area contributed by atoms with Crippen LogP contribution in [0.4, 0.5) is 0 Å². The first-order chi connectivity index (χ1) is 12.2. The minimum absolute atomic E-state index is 0.313. The zero-order chi connectivity index (χ0) is 19.4. The molecule has 0 bridgehead atoms. The maximum Gasteiger partial charge on any atom is 0.279 e. The van der Waals surface area contributed by atoms with Gasteiger partial charge in [-0.25, -0.2) is 0 Å². The molecule has 1 aromatic heterocycles. The topological polar surface area (TPSA) is 85.3 Å². The van der Waals surface area contributed by atoms with Crippen LogP contribution in [0.5, 0.6) is 5.75 Å². The summed E-state index contributed by atoms with van der Waals surface area (Å²) in [7, 11) is 1.83. The number of ether oxygens (including phenoxy) is 1. The van der Waals surface area contributed by atoms with E-state index in [1.54, 1.807) is 30.7 Å². The van der Waals surface area contributed by atoms with Gasteiger partial charge >= 0.3 is 0 Å². The molecule has 1 heterocycles. The first kappa shape index (κ1) is 20.0. The summed E-state index contributed by atoms with van der Waals surface area (Å²) in [6.07, 6.45) is -0.762. The number of benzene rings is 1. The smallest absolute Gasteiger partial charge is 0.279 e. The average molecular weight is 423 g/mol. The fourth-order valence-corrected chi connectivity index (χ4v) is 3.06. The molecule has 1 aromatic carbocycles. The highest BCUT2D eigenvalue weighted by Crippen LogP contribution is 2.22. The van der Waals surface area contributed by atoms with Gasteiger partial charge in [0.1, 0.15) is 5.75 Å². The van der Waals surface area contributed by atoms with Crippen LogP contribution < -0.4 is 15.6 Å². The molecule has 0 saturated heterocycles. The monoisotopic (exact) mass is 422 g/mol. The third-order valence-corrected chi connectivity index (χ3v) is 4.67. The van der Waals surface area contributed by atoms with Crippen LogP contribution in [0.15, 0.2) is 28.7 Å². The Balaban J connectivity index is 1.92. The SMILES string of the molecule is Cc1nn(C)c(C)c1C(C)C(=O)NNC(=O)C(C)Oc1cccc(Br)c1. The van der Waals surface area contributed by atoms with Crippen molar-refractivity contribution in [2.24, 2.45) is 7.05 Å². The molecule has 2 aromatic rings. The maximum atomic E-state index is 12.4. The van der Waals surface area contributed by atoms with Crippen LogP contribution in [0.2, 0.25) is 0 Å². The van der Waals surface area contributed by atoms with E-state index in [9.17, 15) is 9.59 Å². The molecule has 2 unspecified atom stereocenters. The van der Waals surface area contributed by atoms with Gasteiger partial charge in [-0.2, -0.15) is 5.10 Å². The second-order valence-corrected chi connectivity index (χ2v) is 7.04. The average Bonchev–Trinajstić information content (AvgIpc) is 2.83. The number of aryl methyl sites for hydroxylation is 2. The summed E-state index contributed by atoms with van der Waals surface area (Å²) in [5, 5.41) is 4.32. The van der Waals surface area contributed by atoms with E-state index in [4.69, 9.17) is 4.74 Å². The van der Waals surface area contributed by atoms with Crippen LogP contribution in [-0.2, 0) is 16.6 Å². The predicted octanol–water partition coefficient (Wildman–Crippen LogP) is 2.52. The normalized spacial score (nSPS) is 13.0. The Kier molecular flexibility index (Phi) is 6.42. The number of nitrogens with one attached hydrogen (secondary N) is 2. The fraction of sp³-hybridized carbons (Fsp3) is 0.389. The van der Waals surface area contributed by atoms with E-state index in [2.05, 4.69) is 31.9 Å². The lowest BCUT2D eigenvalue weighted by atomic mass is 9.98. The molecular formula is C18H23BrN4O3. The first-order valence-electron chi connectivity index (χ1n) is 8.22. The Morgan fingerprint density at radius 1 is 1.19 bits per heavy atom. The van der Waals surface area contributed by atoms with Crippen molar-refractivity contribution in [1.29, 1.82) is 0 Å². The zero-order valence-electron chi connectivity index (χ0n) is 15.5. The summed E-state index contributed by atoms with van der Waals surface area (Å²) in [6, 6.07) is 7.19. The van der Waals surface area contributed by atoms with E-state index in [-0.39, 0.29) is 5.91 Å². The molecule has 2 atom stereocenters. The van der Waals surface area contributed by atoms with Crippen molar-refractivity contribution in [3.05, 3.63) is 45.7 Å². The molecule has 0 aliphatic heterocycles. The number of rotatable bonds is 5.